The van der Waals surface area contributed by atoms with Crippen molar-refractivity contribution < 1.29 is 34.3 Å². The number of anilines is 1. The van der Waals surface area contributed by atoms with Crippen LogP contribution in [0.4, 0.5) is 5.82 Å². The Morgan fingerprint density at radius 3 is 3.00 bits per heavy atom. The number of rotatable bonds is 4. The third kappa shape index (κ3) is 2.88. The van der Waals surface area contributed by atoms with E-state index in [4.69, 9.17) is 3.07 Å². The number of nitrogens with one attached hydrogen (secondary N) is 2. The average molecular weight is 297 g/mol. The van der Waals surface area contributed by atoms with Gasteiger partial charge in [-0.15, -0.1) is 0 Å². The molecule has 0 radical (unpaired) electrons. The Kier molecular flexibility index (Phi) is 4.03. The Hall–Kier alpha value is -0.760. The van der Waals surface area contributed by atoms with Gasteiger partial charge in [0.2, 0.25) is 0 Å². The second-order valence-corrected chi connectivity index (χ2v) is 3.43. The van der Waals surface area contributed by atoms with E-state index in [-0.39, 0.29) is 5.97 Å². The fraction of sp³-hybridized carbons (Fsp3) is 0.286. The van der Waals surface area contributed by atoms with Gasteiger partial charge in [-0.05, 0) is 0 Å². The number of aromatic nitrogens is 1. The van der Waals surface area contributed by atoms with E-state index in [1.165, 1.54) is 7.11 Å². The normalized spacial score (nSPS) is 10.0. The molecule has 0 saturated heterocycles. The molecule has 1 aromatic rings. The average Bonchev–Trinajstić information content (AvgIpc) is 2.54. The summed E-state index contributed by atoms with van der Waals surface area (Å²) in [5.74, 6) is 0.309. The van der Waals surface area contributed by atoms with Gasteiger partial charge < -0.3 is 0 Å². The fourth-order valence-corrected chi connectivity index (χ4v) is 1.43. The maximum absolute atomic E-state index is 11.2. The molecule has 74 valence electrons. The summed E-state index contributed by atoms with van der Waals surface area (Å²) in [6, 6.07) is 3.34. The second kappa shape index (κ2) is 5.07. The Balaban J connectivity index is 2.62. The Bertz CT molecular complexity index is 287. The number of carbonyl (C=O) groups is 1. The summed E-state index contributed by atoms with van der Waals surface area (Å²) in [4.78, 5) is 20.5. The first-order chi connectivity index (χ1) is 6.27. The van der Waals surface area contributed by atoms with Gasteiger partial charge in [-0.25, -0.2) is 0 Å². The van der Waals surface area contributed by atoms with E-state index in [2.05, 4.69) is 15.3 Å². The van der Waals surface area contributed by atoms with Crippen LogP contribution in [0, 0.1) is 0 Å². The van der Waals surface area contributed by atoms with E-state index in [0.717, 1.165) is 0 Å². The van der Waals surface area contributed by atoms with Crippen LogP contribution in [0.3, 0.4) is 0 Å². The summed E-state index contributed by atoms with van der Waals surface area (Å²) in [5.41, 5.74) is 3.00. The number of aromatic amines is 1. The van der Waals surface area contributed by atoms with Crippen molar-refractivity contribution in [2.24, 2.45) is 0 Å². The van der Waals surface area contributed by atoms with Crippen LogP contribution in [0.25, 0.3) is 0 Å². The van der Waals surface area contributed by atoms with E-state index in [1.807, 2.05) is 4.93 Å². The van der Waals surface area contributed by atoms with Crippen LogP contribution in [0.15, 0.2) is 12.1 Å². The maximum atomic E-state index is 11.2. The van der Waals surface area contributed by atoms with Crippen LogP contribution in [0.2, 0.25) is 0 Å². The molecular formula is C7H10IN2O3-. The molecule has 0 saturated carbocycles. The van der Waals surface area contributed by atoms with Crippen LogP contribution in [-0.2, 0) is 7.90 Å². The number of hydrogen-bond acceptors (Lipinski definition) is 4. The van der Waals surface area contributed by atoms with E-state index in [1.54, 1.807) is 12.1 Å². The van der Waals surface area contributed by atoms with Gasteiger partial charge in [0.15, 0.2) is 0 Å². The van der Waals surface area contributed by atoms with Gasteiger partial charge in [0.05, 0.1) is 0 Å². The zero-order chi connectivity index (χ0) is 9.68. The minimum absolute atomic E-state index is 0.320. The van der Waals surface area contributed by atoms with Gasteiger partial charge in [-0.1, -0.05) is 0 Å². The molecule has 0 aliphatic rings. The predicted octanol–water partition coefficient (Wildman–Crippen LogP) is -2.22. The molecule has 0 aliphatic carbocycles. The molecule has 0 atom stereocenters. The van der Waals surface area contributed by atoms with Gasteiger partial charge >= 0.3 is 86.4 Å². The van der Waals surface area contributed by atoms with Gasteiger partial charge in [0.25, 0.3) is 0 Å². The molecule has 1 rings (SSSR count). The van der Waals surface area contributed by atoms with Crippen molar-refractivity contribution in [1.29, 1.82) is 0 Å². The van der Waals surface area contributed by atoms with Crippen LogP contribution in [-0.4, -0.2) is 23.0 Å². The summed E-state index contributed by atoms with van der Waals surface area (Å²) in [7, 11) is 1.50. The van der Waals surface area contributed by atoms with Crippen molar-refractivity contribution in [2.75, 3.05) is 17.5 Å². The third-order valence-electron chi connectivity index (χ3n) is 1.27. The molecule has 0 bridgehead atoms. The molecule has 2 N–H and O–H groups in total. The van der Waals surface area contributed by atoms with Crippen molar-refractivity contribution in [3.05, 3.63) is 17.8 Å². The summed E-state index contributed by atoms with van der Waals surface area (Å²) < 4.78 is 4.89. The van der Waals surface area contributed by atoms with Crippen LogP contribution >= 0.6 is 0 Å². The van der Waals surface area contributed by atoms with Crippen molar-refractivity contribution >= 4 is 11.8 Å². The van der Waals surface area contributed by atoms with Crippen molar-refractivity contribution in [3.8, 4) is 0 Å². The quantitative estimate of drug-likeness (QED) is 0.375. The monoisotopic (exact) mass is 297 g/mol. The zero-order valence-electron chi connectivity index (χ0n) is 7.26. The number of carbonyl (C=O) groups excluding carboxylic acids is 1. The number of alkyl halides is 1. The SMILES string of the molecule is CONc1ccc(C(=O)O[I-]C)[nH]1. The van der Waals surface area contributed by atoms with Crippen LogP contribution in [0.5, 0.6) is 0 Å². The van der Waals surface area contributed by atoms with E-state index in [0.29, 0.717) is 11.5 Å². The summed E-state index contributed by atoms with van der Waals surface area (Å²) >= 11 is -0.479. The molecule has 1 aromatic heterocycles. The molecule has 13 heavy (non-hydrogen) atoms. The summed E-state index contributed by atoms with van der Waals surface area (Å²) in [6.45, 7) is 0. The Labute approximate surface area is 86.6 Å². The number of H-pyrrole nitrogens is 1. The Morgan fingerprint density at radius 1 is 1.62 bits per heavy atom. The van der Waals surface area contributed by atoms with Crippen LogP contribution in [0.1, 0.15) is 10.5 Å². The van der Waals surface area contributed by atoms with Gasteiger partial charge in [-0.3, -0.25) is 0 Å². The van der Waals surface area contributed by atoms with Gasteiger partial charge in [0.1, 0.15) is 0 Å². The van der Waals surface area contributed by atoms with Crippen molar-refractivity contribution in [3.63, 3.8) is 0 Å². The number of halogens is 1. The Morgan fingerprint density at radius 2 is 2.38 bits per heavy atom. The third-order valence-corrected chi connectivity index (χ3v) is 2.11. The summed E-state index contributed by atoms with van der Waals surface area (Å²) in [6.07, 6.45) is 0. The van der Waals surface area contributed by atoms with E-state index in [9.17, 15) is 4.79 Å². The molecule has 0 aromatic carbocycles. The fourth-order valence-electron chi connectivity index (χ4n) is 0.795. The topological polar surface area (TPSA) is 63.4 Å². The molecule has 0 aliphatic heterocycles. The zero-order valence-corrected chi connectivity index (χ0v) is 9.41. The molecule has 5 nitrogen and oxygen atoms in total. The second-order valence-electron chi connectivity index (χ2n) is 2.11. The van der Waals surface area contributed by atoms with E-state index >= 15 is 0 Å². The molecule has 0 spiro atoms. The van der Waals surface area contributed by atoms with Gasteiger partial charge in [0, 0.05) is 0 Å². The minimum atomic E-state index is -0.479. The molecule has 0 fully saturated rings. The first-order valence-electron chi connectivity index (χ1n) is 3.46. The van der Waals surface area contributed by atoms with Crippen LogP contribution < -0.4 is 27.1 Å². The van der Waals surface area contributed by atoms with Crippen molar-refractivity contribution in [1.82, 2.24) is 4.98 Å². The first-order valence-corrected chi connectivity index (χ1v) is 6.50. The van der Waals surface area contributed by atoms with E-state index < -0.39 is 21.6 Å². The molecule has 0 unspecified atom stereocenters. The molecule has 1 heterocycles. The standard InChI is InChI=1S/C7H10IN2O3/c1-8-13-7(11)5-3-4-6(9-5)10-12-2/h3-4,9-10H,1-2H3/q-1. The molecular weight excluding hydrogens is 287 g/mol. The summed E-state index contributed by atoms with van der Waals surface area (Å²) in [5, 5.41) is 0. The van der Waals surface area contributed by atoms with Crippen molar-refractivity contribution in [2.45, 2.75) is 0 Å². The first kappa shape index (κ1) is 10.3. The predicted molar refractivity (Wildman–Crippen MR) is 42.8 cm³/mol. The molecule has 6 heteroatoms. The van der Waals surface area contributed by atoms with Gasteiger partial charge in [-0.2, -0.15) is 0 Å². The molecule has 0 amide bonds. The number of hydrogen-bond donors (Lipinski definition) is 2.